The Morgan fingerprint density at radius 3 is 2.35 bits per heavy atom. The monoisotopic (exact) mass is 435 g/mol. The first-order valence-electron chi connectivity index (χ1n) is 5.62. The summed E-state index contributed by atoms with van der Waals surface area (Å²) >= 11 is 20.6. The molecule has 0 atom stereocenters. The van der Waals surface area contributed by atoms with Gasteiger partial charge in [-0.3, -0.25) is 0 Å². The molecule has 20 heavy (non-hydrogen) atoms. The van der Waals surface area contributed by atoms with Crippen molar-refractivity contribution in [2.24, 2.45) is 0 Å². The fourth-order valence-corrected chi connectivity index (χ4v) is 8.71. The Kier molecular flexibility index (Phi) is 12.0. The van der Waals surface area contributed by atoms with Crippen LogP contribution in [0.5, 0.6) is 0 Å². The predicted molar refractivity (Wildman–Crippen MR) is 92.3 cm³/mol. The molecule has 1 radical (unpaired) electrons. The molecule has 0 N–H and O–H groups in total. The van der Waals surface area contributed by atoms with Crippen molar-refractivity contribution in [2.45, 2.75) is 18.7 Å². The summed E-state index contributed by atoms with van der Waals surface area (Å²) in [6.45, 7) is 4.96. The van der Waals surface area contributed by atoms with Crippen LogP contribution in [0.1, 0.15) is 13.8 Å². The molecule has 0 aromatic heterocycles. The summed E-state index contributed by atoms with van der Waals surface area (Å²) in [6.07, 6.45) is 0. The number of hydrogen-bond donors (Lipinski definition) is 0. The van der Waals surface area contributed by atoms with E-state index >= 15 is 0 Å². The number of hydrogen-bond acceptors (Lipinski definition) is 5. The van der Waals surface area contributed by atoms with Gasteiger partial charge in [0.25, 0.3) is 0 Å². The second kappa shape index (κ2) is 11.2. The normalized spacial score (nSPS) is 11.2. The van der Waals surface area contributed by atoms with E-state index in [1.165, 1.54) is 11.4 Å². The van der Waals surface area contributed by atoms with Gasteiger partial charge >= 0.3 is 0 Å². The maximum atomic E-state index is 6.10. The van der Waals surface area contributed by atoms with Gasteiger partial charge in [0.05, 0.1) is 23.3 Å². The number of benzene rings is 1. The zero-order chi connectivity index (χ0) is 14.3. The first-order valence-corrected chi connectivity index (χ1v) is 11.6. The summed E-state index contributed by atoms with van der Waals surface area (Å²) in [6, 6.07) is 5.41. The molecular formula is C11H15Cl2CoO2PS3. The summed E-state index contributed by atoms with van der Waals surface area (Å²) in [5.41, 5.74) is -2.23. The van der Waals surface area contributed by atoms with Crippen LogP contribution in [0.25, 0.3) is 0 Å². The number of rotatable bonds is 8. The molecular weight excluding hydrogens is 421 g/mol. The standard InChI is InChI=1S/C11H15Cl2O2PS3.Co/c1-3-14-16(17,15-4-2)19-8-18-11-7-9(12)5-6-10(11)13;/h5-7H,3-4,8H2,1-2H3;. The molecule has 0 saturated heterocycles. The Balaban J connectivity index is 0.00000361. The molecule has 9 heteroatoms. The van der Waals surface area contributed by atoms with Crippen LogP contribution < -0.4 is 0 Å². The van der Waals surface area contributed by atoms with Crippen LogP contribution in [0.3, 0.4) is 0 Å². The van der Waals surface area contributed by atoms with Crippen molar-refractivity contribution in [3.05, 3.63) is 28.2 Å². The van der Waals surface area contributed by atoms with E-state index < -0.39 is 5.69 Å². The summed E-state index contributed by atoms with van der Waals surface area (Å²) in [5, 5.41) is 2.08. The second-order valence-corrected chi connectivity index (χ2v) is 11.8. The Labute approximate surface area is 154 Å². The van der Waals surface area contributed by atoms with E-state index in [4.69, 9.17) is 44.1 Å². The number of halogens is 2. The smallest absolute Gasteiger partial charge is 0.248 e. The summed E-state index contributed by atoms with van der Waals surface area (Å²) < 4.78 is 11.1. The fraction of sp³-hybridized carbons (Fsp3) is 0.455. The van der Waals surface area contributed by atoms with Gasteiger partial charge in [0.15, 0.2) is 0 Å². The molecule has 0 aliphatic carbocycles. The zero-order valence-electron chi connectivity index (χ0n) is 10.9. The molecule has 1 rings (SSSR count). The third-order valence-electron chi connectivity index (χ3n) is 1.89. The summed E-state index contributed by atoms with van der Waals surface area (Å²) in [4.78, 5) is 0.941. The van der Waals surface area contributed by atoms with Crippen LogP contribution in [0.15, 0.2) is 23.1 Å². The van der Waals surface area contributed by atoms with Gasteiger partial charge < -0.3 is 9.05 Å². The average Bonchev–Trinajstić information content (AvgIpc) is 2.34. The van der Waals surface area contributed by atoms with Crippen molar-refractivity contribution in [1.29, 1.82) is 0 Å². The maximum absolute atomic E-state index is 6.10. The van der Waals surface area contributed by atoms with Gasteiger partial charge in [0, 0.05) is 26.7 Å². The molecule has 0 bridgehead atoms. The minimum absolute atomic E-state index is 0. The first-order chi connectivity index (χ1) is 9.00. The third kappa shape index (κ3) is 7.72. The Hall–Kier alpha value is 1.58. The van der Waals surface area contributed by atoms with Crippen LogP contribution in [0.4, 0.5) is 0 Å². The van der Waals surface area contributed by atoms with Crippen LogP contribution in [-0.4, -0.2) is 18.3 Å². The van der Waals surface area contributed by atoms with E-state index in [9.17, 15) is 0 Å². The van der Waals surface area contributed by atoms with Crippen molar-refractivity contribution in [3.63, 3.8) is 0 Å². The molecule has 1 aromatic carbocycles. The molecule has 0 unspecified atom stereocenters. The van der Waals surface area contributed by atoms with Gasteiger partial charge in [-0.05, 0) is 43.9 Å². The van der Waals surface area contributed by atoms with Crippen molar-refractivity contribution in [1.82, 2.24) is 0 Å². The van der Waals surface area contributed by atoms with Crippen molar-refractivity contribution < 1.29 is 25.8 Å². The topological polar surface area (TPSA) is 18.5 Å². The molecule has 0 saturated carbocycles. The Morgan fingerprint density at radius 2 is 1.80 bits per heavy atom. The van der Waals surface area contributed by atoms with Crippen LogP contribution in [-0.2, 0) is 37.6 Å². The summed E-state index contributed by atoms with van der Waals surface area (Å²) in [7, 11) is 0. The molecule has 0 aliphatic rings. The van der Waals surface area contributed by atoms with Gasteiger partial charge in [0.1, 0.15) is 0 Å². The average molecular weight is 436 g/mol. The van der Waals surface area contributed by atoms with Gasteiger partial charge in [0.2, 0.25) is 5.69 Å². The molecule has 0 heterocycles. The van der Waals surface area contributed by atoms with Gasteiger partial charge in [-0.1, -0.05) is 34.6 Å². The predicted octanol–water partition coefficient (Wildman–Crippen LogP) is 6.07. The molecule has 2 nitrogen and oxygen atoms in total. The van der Waals surface area contributed by atoms with Crippen LogP contribution in [0.2, 0.25) is 10.0 Å². The second-order valence-electron chi connectivity index (χ2n) is 3.25. The van der Waals surface area contributed by atoms with E-state index in [0.29, 0.717) is 23.3 Å². The van der Waals surface area contributed by atoms with E-state index in [1.54, 1.807) is 23.9 Å². The maximum Gasteiger partial charge on any atom is 0.248 e. The minimum atomic E-state index is -2.23. The molecule has 0 fully saturated rings. The van der Waals surface area contributed by atoms with E-state index in [0.717, 1.165) is 9.98 Å². The van der Waals surface area contributed by atoms with Crippen molar-refractivity contribution in [3.8, 4) is 0 Å². The van der Waals surface area contributed by atoms with Gasteiger partial charge in [-0.2, -0.15) is 0 Å². The van der Waals surface area contributed by atoms with E-state index in [-0.39, 0.29) is 16.8 Å². The largest absolute Gasteiger partial charge is 0.322 e. The molecule has 0 aliphatic heterocycles. The van der Waals surface area contributed by atoms with Gasteiger partial charge in [-0.15, -0.1) is 11.8 Å². The zero-order valence-corrected chi connectivity index (χ0v) is 16.8. The quantitative estimate of drug-likeness (QED) is 0.279. The fourth-order valence-electron chi connectivity index (χ4n) is 1.17. The number of thioether (sulfide) groups is 1. The molecule has 117 valence electrons. The summed E-state index contributed by atoms with van der Waals surface area (Å²) in [5.74, 6) is 0. The Bertz CT molecular complexity index is 455. The van der Waals surface area contributed by atoms with E-state index in [2.05, 4.69) is 0 Å². The van der Waals surface area contributed by atoms with E-state index in [1.807, 2.05) is 19.9 Å². The van der Waals surface area contributed by atoms with Crippen molar-refractivity contribution >= 4 is 63.8 Å². The first kappa shape index (κ1) is 21.6. The minimum Gasteiger partial charge on any atom is -0.322 e. The SMILES string of the molecule is CCOP(=S)(OCC)SCSc1cc(Cl)ccc1Cl.[Co]. The Morgan fingerprint density at radius 1 is 1.20 bits per heavy atom. The molecule has 0 amide bonds. The van der Waals surface area contributed by atoms with Crippen molar-refractivity contribution in [2.75, 3.05) is 18.3 Å². The van der Waals surface area contributed by atoms with Gasteiger partial charge in [-0.25, -0.2) is 0 Å². The van der Waals surface area contributed by atoms with Crippen LogP contribution in [0, 0.1) is 0 Å². The molecule has 0 spiro atoms. The molecule has 1 aromatic rings. The third-order valence-corrected chi connectivity index (χ3v) is 9.69. The van der Waals surface area contributed by atoms with Crippen LogP contribution >= 0.6 is 52.0 Å².